The molecule has 0 spiro atoms. The van der Waals surface area contributed by atoms with Gasteiger partial charge in [0.15, 0.2) is 11.5 Å². The number of urea groups is 1. The molecular weight excluding hydrogens is 366 g/mol. The minimum absolute atomic E-state index is 0.00357. The number of fused-ring (bicyclic) bond motifs is 1. The summed E-state index contributed by atoms with van der Waals surface area (Å²) in [7, 11) is 5.38. The minimum Gasteiger partial charge on any atom is -0.493 e. The second kappa shape index (κ2) is 10.2. The van der Waals surface area contributed by atoms with Crippen molar-refractivity contribution in [3.8, 4) is 11.5 Å². The molecule has 0 bridgehead atoms. The Morgan fingerprint density at radius 3 is 2.48 bits per heavy atom. The van der Waals surface area contributed by atoms with Gasteiger partial charge in [-0.15, -0.1) is 0 Å². The van der Waals surface area contributed by atoms with Crippen LogP contribution in [0.2, 0.25) is 0 Å². The van der Waals surface area contributed by atoms with E-state index in [-0.39, 0.29) is 6.03 Å². The van der Waals surface area contributed by atoms with Crippen molar-refractivity contribution >= 4 is 6.03 Å². The summed E-state index contributed by atoms with van der Waals surface area (Å²) < 4.78 is 10.8. The van der Waals surface area contributed by atoms with Crippen LogP contribution in [0, 0.1) is 0 Å². The van der Waals surface area contributed by atoms with Gasteiger partial charge in [-0.25, -0.2) is 4.79 Å². The van der Waals surface area contributed by atoms with E-state index < -0.39 is 0 Å². The van der Waals surface area contributed by atoms with E-state index in [2.05, 4.69) is 41.5 Å². The summed E-state index contributed by atoms with van der Waals surface area (Å²) in [5.41, 5.74) is 3.64. The Hall–Kier alpha value is -2.73. The molecule has 0 aromatic heterocycles. The van der Waals surface area contributed by atoms with E-state index in [0.717, 1.165) is 37.2 Å². The molecule has 1 heterocycles. The zero-order valence-corrected chi connectivity index (χ0v) is 17.6. The van der Waals surface area contributed by atoms with Crippen molar-refractivity contribution in [1.29, 1.82) is 0 Å². The summed E-state index contributed by atoms with van der Waals surface area (Å²) in [4.78, 5) is 16.7. The van der Waals surface area contributed by atoms with Gasteiger partial charge in [0.1, 0.15) is 0 Å². The average molecular weight is 398 g/mol. The first-order valence-electron chi connectivity index (χ1n) is 10.1. The molecule has 2 aromatic rings. The minimum atomic E-state index is -0.00357. The molecule has 0 unspecified atom stereocenters. The average Bonchev–Trinajstić information content (AvgIpc) is 2.75. The number of methoxy groups -OCH3 is 2. The predicted octanol–water partition coefficient (Wildman–Crippen LogP) is 3.29. The maximum absolute atomic E-state index is 12.6. The molecule has 6 heteroatoms. The molecule has 0 fully saturated rings. The van der Waals surface area contributed by atoms with E-state index >= 15 is 0 Å². The van der Waals surface area contributed by atoms with Crippen LogP contribution in [0.15, 0.2) is 42.5 Å². The molecule has 0 aliphatic carbocycles. The number of hydrogen-bond donors (Lipinski definition) is 1. The Bertz CT molecular complexity index is 811. The third-order valence-electron chi connectivity index (χ3n) is 5.29. The maximum atomic E-state index is 12.6. The van der Waals surface area contributed by atoms with Gasteiger partial charge in [-0.05, 0) is 55.3 Å². The van der Waals surface area contributed by atoms with Crippen molar-refractivity contribution in [2.24, 2.45) is 0 Å². The molecule has 0 atom stereocenters. The van der Waals surface area contributed by atoms with E-state index in [9.17, 15) is 4.79 Å². The van der Waals surface area contributed by atoms with Crippen molar-refractivity contribution in [2.45, 2.75) is 25.9 Å². The number of rotatable bonds is 8. The SMILES string of the molecule is COc1cc2c(cc1OC)CN(C(=O)NCCCN(C)Cc1ccccc1)CC2. The molecule has 0 saturated carbocycles. The summed E-state index contributed by atoms with van der Waals surface area (Å²) in [5, 5.41) is 3.06. The molecule has 2 amide bonds. The highest BCUT2D eigenvalue weighted by atomic mass is 16.5. The van der Waals surface area contributed by atoms with Crippen molar-refractivity contribution in [2.75, 3.05) is 40.9 Å². The van der Waals surface area contributed by atoms with Gasteiger partial charge in [-0.2, -0.15) is 0 Å². The molecule has 1 aliphatic heterocycles. The lowest BCUT2D eigenvalue weighted by Crippen LogP contribution is -2.43. The molecule has 3 rings (SSSR count). The second-order valence-corrected chi connectivity index (χ2v) is 7.46. The maximum Gasteiger partial charge on any atom is 0.317 e. The summed E-state index contributed by atoms with van der Waals surface area (Å²) in [6.07, 6.45) is 1.74. The van der Waals surface area contributed by atoms with Crippen LogP contribution in [-0.2, 0) is 19.5 Å². The van der Waals surface area contributed by atoms with Gasteiger partial charge in [-0.3, -0.25) is 0 Å². The lowest BCUT2D eigenvalue weighted by atomic mass is 9.99. The van der Waals surface area contributed by atoms with Gasteiger partial charge >= 0.3 is 6.03 Å². The van der Waals surface area contributed by atoms with E-state index in [1.807, 2.05) is 23.1 Å². The van der Waals surface area contributed by atoms with Gasteiger partial charge in [0.25, 0.3) is 0 Å². The molecular formula is C23H31N3O3. The first-order valence-corrected chi connectivity index (χ1v) is 10.1. The Morgan fingerprint density at radius 2 is 1.79 bits per heavy atom. The molecule has 0 saturated heterocycles. The number of benzene rings is 2. The third kappa shape index (κ3) is 5.64. The van der Waals surface area contributed by atoms with Gasteiger partial charge in [0.2, 0.25) is 0 Å². The zero-order chi connectivity index (χ0) is 20.6. The quantitative estimate of drug-likeness (QED) is 0.695. The fraction of sp³-hybridized carbons (Fsp3) is 0.435. The fourth-order valence-corrected chi connectivity index (χ4v) is 3.69. The number of carbonyl (C=O) groups excluding carboxylic acids is 1. The molecule has 156 valence electrons. The van der Waals surface area contributed by atoms with Crippen molar-refractivity contribution in [3.63, 3.8) is 0 Å². The second-order valence-electron chi connectivity index (χ2n) is 7.46. The summed E-state index contributed by atoms with van der Waals surface area (Å²) >= 11 is 0. The smallest absolute Gasteiger partial charge is 0.317 e. The Morgan fingerprint density at radius 1 is 1.10 bits per heavy atom. The standard InChI is InChI=1S/C23H31N3O3/c1-25(16-18-8-5-4-6-9-18)12-7-11-24-23(27)26-13-10-19-14-21(28-2)22(29-3)15-20(19)17-26/h4-6,8-9,14-15H,7,10-13,16-17H2,1-3H3,(H,24,27). The van der Waals surface area contributed by atoms with Crippen molar-refractivity contribution in [1.82, 2.24) is 15.1 Å². The molecule has 1 N–H and O–H groups in total. The van der Waals surface area contributed by atoms with Crippen LogP contribution in [0.25, 0.3) is 0 Å². The van der Waals surface area contributed by atoms with Crippen LogP contribution in [0.3, 0.4) is 0 Å². The Kier molecular flexibility index (Phi) is 7.36. The molecule has 0 radical (unpaired) electrons. The summed E-state index contributed by atoms with van der Waals surface area (Å²) in [6, 6.07) is 14.4. The largest absolute Gasteiger partial charge is 0.493 e. The number of ether oxygens (including phenoxy) is 2. The highest BCUT2D eigenvalue weighted by molar-refractivity contribution is 5.74. The summed E-state index contributed by atoms with van der Waals surface area (Å²) in [5.74, 6) is 1.44. The van der Waals surface area contributed by atoms with Crippen LogP contribution >= 0.6 is 0 Å². The van der Waals surface area contributed by atoms with E-state index in [0.29, 0.717) is 25.4 Å². The van der Waals surface area contributed by atoms with Crippen LogP contribution < -0.4 is 14.8 Å². The van der Waals surface area contributed by atoms with Gasteiger partial charge in [0.05, 0.1) is 14.2 Å². The van der Waals surface area contributed by atoms with Crippen molar-refractivity contribution in [3.05, 3.63) is 59.2 Å². The highest BCUT2D eigenvalue weighted by Crippen LogP contribution is 2.33. The molecule has 29 heavy (non-hydrogen) atoms. The monoisotopic (exact) mass is 397 g/mol. The summed E-state index contributed by atoms with van der Waals surface area (Å²) in [6.45, 7) is 3.84. The van der Waals surface area contributed by atoms with Crippen LogP contribution in [0.5, 0.6) is 11.5 Å². The van der Waals surface area contributed by atoms with Gasteiger partial charge < -0.3 is 24.6 Å². The molecule has 1 aliphatic rings. The first kappa shape index (κ1) is 21.0. The van der Waals surface area contributed by atoms with Gasteiger partial charge in [-0.1, -0.05) is 30.3 Å². The van der Waals surface area contributed by atoms with Crippen LogP contribution in [0.4, 0.5) is 4.79 Å². The van der Waals surface area contributed by atoms with Crippen LogP contribution in [0.1, 0.15) is 23.1 Å². The molecule has 2 aromatic carbocycles. The number of carbonyl (C=O) groups is 1. The lowest BCUT2D eigenvalue weighted by molar-refractivity contribution is 0.191. The van der Waals surface area contributed by atoms with E-state index in [4.69, 9.17) is 9.47 Å². The number of amides is 2. The third-order valence-corrected chi connectivity index (χ3v) is 5.29. The Balaban J connectivity index is 1.43. The van der Waals surface area contributed by atoms with Crippen LogP contribution in [-0.4, -0.2) is 56.7 Å². The normalized spacial score (nSPS) is 13.2. The van der Waals surface area contributed by atoms with E-state index in [1.54, 1.807) is 14.2 Å². The topological polar surface area (TPSA) is 54.0 Å². The number of nitrogens with zero attached hydrogens (tertiary/aromatic N) is 2. The van der Waals surface area contributed by atoms with Crippen molar-refractivity contribution < 1.29 is 14.3 Å². The van der Waals surface area contributed by atoms with E-state index in [1.165, 1.54) is 11.1 Å². The zero-order valence-electron chi connectivity index (χ0n) is 17.6. The fourth-order valence-electron chi connectivity index (χ4n) is 3.69. The lowest BCUT2D eigenvalue weighted by Gasteiger charge is -2.29. The predicted molar refractivity (Wildman–Crippen MR) is 114 cm³/mol. The highest BCUT2D eigenvalue weighted by Gasteiger charge is 2.22. The first-order chi connectivity index (χ1) is 14.1. The number of nitrogens with one attached hydrogen (secondary N) is 1. The van der Waals surface area contributed by atoms with Gasteiger partial charge in [0, 0.05) is 26.2 Å². The molecule has 6 nitrogen and oxygen atoms in total. The number of hydrogen-bond acceptors (Lipinski definition) is 4. The Labute approximate surface area is 173 Å².